The molecule has 188 valence electrons. The summed E-state index contributed by atoms with van der Waals surface area (Å²) in [5, 5.41) is 8.96. The third kappa shape index (κ3) is 10.2. The highest BCUT2D eigenvalue weighted by Crippen LogP contribution is 2.38. The molecule has 0 aliphatic rings. The number of aliphatic carboxylic acids is 1. The first-order chi connectivity index (χ1) is 15.6. The van der Waals surface area contributed by atoms with Gasteiger partial charge in [-0.15, -0.1) is 0 Å². The highest BCUT2D eigenvalue weighted by Gasteiger charge is 2.19. The van der Waals surface area contributed by atoms with E-state index in [1.54, 1.807) is 6.08 Å². The standard InChI is InChI=1S/C29H48O4/c1-9-26-25(8)28(33-19-27(30)31)23(6)24(7)29(26)32-18-12-17-22(5)16-11-15-21(4)14-10-13-20(2)3/h9,20-22H,1,10-19H2,2-8H3,(H,30,31)/t21-,22-/m1/s1. The molecule has 0 bridgehead atoms. The van der Waals surface area contributed by atoms with Crippen molar-refractivity contribution >= 4 is 12.0 Å². The molecule has 33 heavy (non-hydrogen) atoms. The van der Waals surface area contributed by atoms with E-state index in [1.165, 1.54) is 44.9 Å². The number of carboxylic acids is 1. The highest BCUT2D eigenvalue weighted by molar-refractivity contribution is 5.71. The van der Waals surface area contributed by atoms with Gasteiger partial charge in [0, 0.05) is 11.1 Å². The van der Waals surface area contributed by atoms with E-state index in [-0.39, 0.29) is 6.61 Å². The molecule has 1 aromatic carbocycles. The fourth-order valence-electron chi connectivity index (χ4n) is 4.48. The maximum atomic E-state index is 10.9. The predicted octanol–water partition coefficient (Wildman–Crippen LogP) is 8.15. The van der Waals surface area contributed by atoms with Crippen LogP contribution in [-0.4, -0.2) is 24.3 Å². The lowest BCUT2D eigenvalue weighted by Gasteiger charge is -2.21. The molecule has 0 unspecified atom stereocenters. The molecule has 1 N–H and O–H groups in total. The molecule has 0 saturated carbocycles. The summed E-state index contributed by atoms with van der Waals surface area (Å²) in [7, 11) is 0. The molecule has 1 aromatic rings. The summed E-state index contributed by atoms with van der Waals surface area (Å²) in [5.41, 5.74) is 3.67. The first-order valence-corrected chi connectivity index (χ1v) is 12.8. The molecule has 0 heterocycles. The minimum absolute atomic E-state index is 0.355. The molecule has 0 radical (unpaired) electrons. The topological polar surface area (TPSA) is 55.8 Å². The normalized spacial score (nSPS) is 13.1. The van der Waals surface area contributed by atoms with Crippen LogP contribution in [0.15, 0.2) is 6.58 Å². The van der Waals surface area contributed by atoms with Crippen molar-refractivity contribution in [3.05, 3.63) is 28.8 Å². The lowest BCUT2D eigenvalue weighted by molar-refractivity contribution is -0.139. The van der Waals surface area contributed by atoms with E-state index in [0.717, 1.165) is 46.3 Å². The molecule has 0 aliphatic carbocycles. The number of benzene rings is 1. The van der Waals surface area contributed by atoms with Crippen molar-refractivity contribution in [1.82, 2.24) is 0 Å². The van der Waals surface area contributed by atoms with Gasteiger partial charge < -0.3 is 14.6 Å². The van der Waals surface area contributed by atoms with Crippen molar-refractivity contribution in [2.75, 3.05) is 13.2 Å². The highest BCUT2D eigenvalue weighted by atomic mass is 16.5. The van der Waals surface area contributed by atoms with Crippen molar-refractivity contribution in [3.63, 3.8) is 0 Å². The Balaban J connectivity index is 2.50. The summed E-state index contributed by atoms with van der Waals surface area (Å²) in [6.07, 6.45) is 12.0. The number of ether oxygens (including phenoxy) is 2. The van der Waals surface area contributed by atoms with Gasteiger partial charge in [-0.1, -0.05) is 78.9 Å². The molecule has 0 fully saturated rings. The van der Waals surface area contributed by atoms with Gasteiger partial charge in [0.05, 0.1) is 6.61 Å². The second-order valence-electron chi connectivity index (χ2n) is 10.3. The Morgan fingerprint density at radius 1 is 0.818 bits per heavy atom. The summed E-state index contributed by atoms with van der Waals surface area (Å²) >= 11 is 0. The quantitative estimate of drug-likeness (QED) is 0.238. The fourth-order valence-corrected chi connectivity index (χ4v) is 4.48. The molecule has 0 saturated heterocycles. The molecule has 4 nitrogen and oxygen atoms in total. The van der Waals surface area contributed by atoms with Crippen molar-refractivity contribution in [1.29, 1.82) is 0 Å². The molecule has 0 aromatic heterocycles. The first kappa shape index (κ1) is 29.1. The third-order valence-corrected chi connectivity index (χ3v) is 6.74. The average molecular weight is 461 g/mol. The van der Waals surface area contributed by atoms with E-state index in [1.807, 2.05) is 20.8 Å². The van der Waals surface area contributed by atoms with E-state index in [2.05, 4.69) is 34.3 Å². The van der Waals surface area contributed by atoms with Crippen LogP contribution < -0.4 is 9.47 Å². The van der Waals surface area contributed by atoms with Gasteiger partial charge in [0.15, 0.2) is 6.61 Å². The summed E-state index contributed by atoms with van der Waals surface area (Å²) in [4.78, 5) is 10.9. The van der Waals surface area contributed by atoms with Crippen LogP contribution in [-0.2, 0) is 4.79 Å². The molecule has 0 aliphatic heterocycles. The van der Waals surface area contributed by atoms with Gasteiger partial charge in [-0.05, 0) is 62.5 Å². The maximum absolute atomic E-state index is 10.9. The van der Waals surface area contributed by atoms with E-state index in [0.29, 0.717) is 18.3 Å². The number of hydrogen-bond acceptors (Lipinski definition) is 3. The zero-order valence-electron chi connectivity index (χ0n) is 22.3. The SMILES string of the molecule is C=Cc1c(C)c(OCC(=O)O)c(C)c(C)c1OCCC[C@H](C)CCC[C@H](C)CCCC(C)C. The summed E-state index contributed by atoms with van der Waals surface area (Å²) in [5.74, 6) is 2.85. The second-order valence-corrected chi connectivity index (χ2v) is 10.3. The Kier molecular flexibility index (Phi) is 13.2. The van der Waals surface area contributed by atoms with E-state index >= 15 is 0 Å². The summed E-state index contributed by atoms with van der Waals surface area (Å²) in [6.45, 7) is 19.5. The van der Waals surface area contributed by atoms with E-state index in [4.69, 9.17) is 14.6 Å². The van der Waals surface area contributed by atoms with Crippen molar-refractivity contribution < 1.29 is 19.4 Å². The van der Waals surface area contributed by atoms with Gasteiger partial charge >= 0.3 is 5.97 Å². The zero-order chi connectivity index (χ0) is 25.0. The minimum atomic E-state index is -0.985. The molecule has 0 amide bonds. The largest absolute Gasteiger partial charge is 0.493 e. The number of carbonyl (C=O) groups is 1. The predicted molar refractivity (Wildman–Crippen MR) is 139 cm³/mol. The van der Waals surface area contributed by atoms with E-state index < -0.39 is 5.97 Å². The van der Waals surface area contributed by atoms with Crippen molar-refractivity contribution in [2.45, 2.75) is 99.8 Å². The fraction of sp³-hybridized carbons (Fsp3) is 0.690. The number of rotatable bonds is 17. The molecular weight excluding hydrogens is 412 g/mol. The first-order valence-electron chi connectivity index (χ1n) is 12.8. The van der Waals surface area contributed by atoms with Gasteiger partial charge in [-0.25, -0.2) is 4.79 Å². The molecule has 4 heteroatoms. The van der Waals surface area contributed by atoms with E-state index in [9.17, 15) is 4.79 Å². The van der Waals surface area contributed by atoms with Crippen LogP contribution in [0.1, 0.15) is 101 Å². The number of carboxylic acid groups (broad SMARTS) is 1. The summed E-state index contributed by atoms with van der Waals surface area (Å²) in [6, 6.07) is 0. The smallest absolute Gasteiger partial charge is 0.341 e. The van der Waals surface area contributed by atoms with Gasteiger partial charge in [0.2, 0.25) is 0 Å². The Morgan fingerprint density at radius 2 is 1.33 bits per heavy atom. The zero-order valence-corrected chi connectivity index (χ0v) is 22.3. The van der Waals surface area contributed by atoms with Crippen LogP contribution in [0.5, 0.6) is 11.5 Å². The average Bonchev–Trinajstić information content (AvgIpc) is 2.74. The van der Waals surface area contributed by atoms with Crippen LogP contribution >= 0.6 is 0 Å². The van der Waals surface area contributed by atoms with Gasteiger partial charge in [-0.3, -0.25) is 0 Å². The third-order valence-electron chi connectivity index (χ3n) is 6.74. The molecule has 1 rings (SSSR count). The van der Waals surface area contributed by atoms with Crippen LogP contribution in [0, 0.1) is 38.5 Å². The Bertz CT molecular complexity index is 751. The van der Waals surface area contributed by atoms with Crippen LogP contribution in [0.4, 0.5) is 0 Å². The molecule has 0 spiro atoms. The lowest BCUT2D eigenvalue weighted by atomic mass is 9.92. The van der Waals surface area contributed by atoms with Gasteiger partial charge in [0.1, 0.15) is 11.5 Å². The monoisotopic (exact) mass is 460 g/mol. The van der Waals surface area contributed by atoms with Crippen LogP contribution in [0.25, 0.3) is 6.08 Å². The minimum Gasteiger partial charge on any atom is -0.493 e. The number of hydrogen-bond donors (Lipinski definition) is 1. The Labute approximate surface area is 202 Å². The van der Waals surface area contributed by atoms with Crippen molar-refractivity contribution in [3.8, 4) is 11.5 Å². The van der Waals surface area contributed by atoms with Gasteiger partial charge in [0.25, 0.3) is 0 Å². The van der Waals surface area contributed by atoms with Crippen LogP contribution in [0.2, 0.25) is 0 Å². The van der Waals surface area contributed by atoms with Crippen molar-refractivity contribution in [2.24, 2.45) is 17.8 Å². The summed E-state index contributed by atoms with van der Waals surface area (Å²) < 4.78 is 11.8. The maximum Gasteiger partial charge on any atom is 0.341 e. The second kappa shape index (κ2) is 15.0. The Morgan fingerprint density at radius 3 is 1.85 bits per heavy atom. The van der Waals surface area contributed by atoms with Crippen LogP contribution in [0.3, 0.4) is 0 Å². The Hall–Kier alpha value is -1.97. The molecular formula is C29H48O4. The lowest BCUT2D eigenvalue weighted by Crippen LogP contribution is -2.13. The van der Waals surface area contributed by atoms with Gasteiger partial charge in [-0.2, -0.15) is 0 Å². The molecule has 2 atom stereocenters.